The minimum atomic E-state index is -2.31. The molecule has 4 rings (SSSR count). The largest absolute Gasteiger partial charge is 0.463 e. The van der Waals surface area contributed by atoms with Crippen molar-refractivity contribution in [3.05, 3.63) is 89.9 Å². The molecule has 1 aromatic heterocycles. The van der Waals surface area contributed by atoms with E-state index in [1.54, 1.807) is 60.7 Å². The Bertz CT molecular complexity index is 1290. The van der Waals surface area contributed by atoms with E-state index >= 15 is 0 Å². The third kappa shape index (κ3) is 3.57. The van der Waals surface area contributed by atoms with Gasteiger partial charge in [0.1, 0.15) is 5.76 Å². The number of thiocarbonyl (C=S) groups is 1. The van der Waals surface area contributed by atoms with Crippen LogP contribution in [0.2, 0.25) is 0 Å². The van der Waals surface area contributed by atoms with Crippen molar-refractivity contribution in [1.82, 2.24) is 5.01 Å². The third-order valence-electron chi connectivity index (χ3n) is 5.18. The Balaban J connectivity index is 1.90. The van der Waals surface area contributed by atoms with Crippen LogP contribution in [0.25, 0.3) is 0 Å². The maximum Gasteiger partial charge on any atom is 0.219 e. The van der Waals surface area contributed by atoms with Crippen molar-refractivity contribution in [2.24, 2.45) is 11.0 Å². The smallest absolute Gasteiger partial charge is 0.219 e. The molecule has 0 spiro atoms. The first-order valence-electron chi connectivity index (χ1n) is 9.75. The van der Waals surface area contributed by atoms with Gasteiger partial charge < -0.3 is 9.73 Å². The van der Waals surface area contributed by atoms with Gasteiger partial charge in [-0.1, -0.05) is 42.5 Å². The second-order valence-corrected chi connectivity index (χ2v) is 7.42. The number of Topliss-reactive ketones (excluding diaryl/α,β-unsaturated/α-hetero) is 2. The van der Waals surface area contributed by atoms with E-state index in [4.69, 9.17) is 16.6 Å². The fraction of sp³-hybridized carbons (Fsp3) is 0.0833. The Hall–Kier alpha value is -4.60. The average molecular weight is 453 g/mol. The number of anilines is 1. The summed E-state index contributed by atoms with van der Waals surface area (Å²) in [4.78, 5) is 27.4. The summed E-state index contributed by atoms with van der Waals surface area (Å²) >= 11 is 5.54. The molecule has 1 heterocycles. The monoisotopic (exact) mass is 453 g/mol. The van der Waals surface area contributed by atoms with Crippen LogP contribution in [0.3, 0.4) is 0 Å². The SMILES string of the molecule is N#CC(C#N)C1(N(/N=C/c2ccco2)C(=S)Nc2ccccc2)C(=O)c2ccccc2C1=O. The topological polar surface area (TPSA) is 122 Å². The number of fused-ring (bicyclic) bond motifs is 1. The highest BCUT2D eigenvalue weighted by Gasteiger charge is 2.63. The van der Waals surface area contributed by atoms with Crippen LogP contribution >= 0.6 is 12.2 Å². The molecular weight excluding hydrogens is 438 g/mol. The first-order chi connectivity index (χ1) is 16.0. The van der Waals surface area contributed by atoms with Gasteiger partial charge in [-0.15, -0.1) is 0 Å². The number of nitrogens with zero attached hydrogens (tertiary/aromatic N) is 4. The lowest BCUT2D eigenvalue weighted by molar-refractivity contribution is 0.0597. The molecule has 1 aliphatic rings. The number of hydrogen-bond donors (Lipinski definition) is 1. The number of nitriles is 2. The minimum absolute atomic E-state index is 0.0960. The Labute approximate surface area is 194 Å². The molecule has 0 atom stereocenters. The average Bonchev–Trinajstić information content (AvgIpc) is 3.43. The second kappa shape index (κ2) is 8.87. The van der Waals surface area contributed by atoms with E-state index < -0.39 is 23.0 Å². The van der Waals surface area contributed by atoms with E-state index in [0.717, 1.165) is 5.01 Å². The van der Waals surface area contributed by atoms with Gasteiger partial charge in [0.05, 0.1) is 24.6 Å². The van der Waals surface area contributed by atoms with Crippen molar-refractivity contribution >= 4 is 40.8 Å². The van der Waals surface area contributed by atoms with Crippen molar-refractivity contribution < 1.29 is 14.0 Å². The zero-order chi connectivity index (χ0) is 23.4. The van der Waals surface area contributed by atoms with Gasteiger partial charge in [-0.2, -0.15) is 15.6 Å². The molecule has 33 heavy (non-hydrogen) atoms. The molecule has 0 unspecified atom stereocenters. The molecule has 1 N–H and O–H groups in total. The van der Waals surface area contributed by atoms with Crippen LogP contribution in [0, 0.1) is 28.6 Å². The third-order valence-corrected chi connectivity index (χ3v) is 5.45. The Morgan fingerprint density at radius 1 is 1.00 bits per heavy atom. The number of carbonyl (C=O) groups excluding carboxylic acids is 2. The first-order valence-corrected chi connectivity index (χ1v) is 10.2. The minimum Gasteiger partial charge on any atom is -0.463 e. The zero-order valence-corrected chi connectivity index (χ0v) is 17.8. The summed E-state index contributed by atoms with van der Waals surface area (Å²) < 4.78 is 5.27. The molecule has 8 nitrogen and oxygen atoms in total. The van der Waals surface area contributed by atoms with Crippen molar-refractivity contribution in [3.8, 4) is 12.1 Å². The van der Waals surface area contributed by atoms with Crippen LogP contribution in [-0.2, 0) is 0 Å². The van der Waals surface area contributed by atoms with Crippen LogP contribution in [0.15, 0.2) is 82.5 Å². The van der Waals surface area contributed by atoms with Crippen LogP contribution in [0.5, 0.6) is 0 Å². The van der Waals surface area contributed by atoms with Crippen molar-refractivity contribution in [1.29, 1.82) is 10.5 Å². The molecule has 0 saturated heterocycles. The number of para-hydroxylation sites is 1. The highest BCUT2D eigenvalue weighted by molar-refractivity contribution is 7.80. The maximum atomic E-state index is 13.7. The van der Waals surface area contributed by atoms with Gasteiger partial charge in [-0.25, -0.2) is 5.01 Å². The van der Waals surface area contributed by atoms with Crippen LogP contribution in [0.4, 0.5) is 5.69 Å². The summed E-state index contributed by atoms with van der Waals surface area (Å²) in [6, 6.07) is 21.8. The summed E-state index contributed by atoms with van der Waals surface area (Å²) in [5.41, 5.74) is -1.55. The van der Waals surface area contributed by atoms with E-state index in [-0.39, 0.29) is 16.2 Å². The highest BCUT2D eigenvalue weighted by atomic mass is 32.1. The van der Waals surface area contributed by atoms with Gasteiger partial charge in [0.25, 0.3) is 0 Å². The van der Waals surface area contributed by atoms with E-state index in [1.807, 2.05) is 6.07 Å². The molecule has 0 bridgehead atoms. The molecule has 0 aliphatic heterocycles. The quantitative estimate of drug-likeness (QED) is 0.268. The van der Waals surface area contributed by atoms with Crippen LogP contribution in [-0.4, -0.2) is 33.4 Å². The number of ketones is 2. The summed E-state index contributed by atoms with van der Waals surface area (Å²) in [6.07, 6.45) is 2.69. The molecule has 0 amide bonds. The van der Waals surface area contributed by atoms with Crippen molar-refractivity contribution in [2.75, 3.05) is 5.32 Å². The Morgan fingerprint density at radius 2 is 1.61 bits per heavy atom. The zero-order valence-electron chi connectivity index (χ0n) is 17.0. The van der Waals surface area contributed by atoms with Gasteiger partial charge >= 0.3 is 0 Å². The molecule has 0 radical (unpaired) electrons. The van der Waals surface area contributed by atoms with Crippen molar-refractivity contribution in [3.63, 3.8) is 0 Å². The maximum absolute atomic E-state index is 13.7. The molecule has 2 aromatic carbocycles. The fourth-order valence-corrected chi connectivity index (χ4v) is 3.98. The lowest BCUT2D eigenvalue weighted by atomic mass is 9.80. The molecule has 160 valence electrons. The van der Waals surface area contributed by atoms with E-state index in [1.165, 1.54) is 24.6 Å². The molecule has 3 aromatic rings. The predicted molar refractivity (Wildman–Crippen MR) is 123 cm³/mol. The number of rotatable bonds is 5. The van der Waals surface area contributed by atoms with Gasteiger partial charge in [0.2, 0.25) is 17.1 Å². The van der Waals surface area contributed by atoms with Crippen LogP contribution < -0.4 is 5.32 Å². The summed E-state index contributed by atoms with van der Waals surface area (Å²) in [6.45, 7) is 0. The number of carbonyl (C=O) groups is 2. The second-order valence-electron chi connectivity index (χ2n) is 7.03. The van der Waals surface area contributed by atoms with E-state index in [0.29, 0.717) is 11.4 Å². The van der Waals surface area contributed by atoms with Gasteiger partial charge in [-0.3, -0.25) is 9.59 Å². The number of furan rings is 1. The normalized spacial score (nSPS) is 14.0. The first kappa shape index (κ1) is 21.6. The fourth-order valence-electron chi connectivity index (χ4n) is 3.67. The summed E-state index contributed by atoms with van der Waals surface area (Å²) in [7, 11) is 0. The van der Waals surface area contributed by atoms with Gasteiger partial charge in [0, 0.05) is 16.8 Å². The number of hydrazone groups is 1. The Morgan fingerprint density at radius 3 is 2.15 bits per heavy atom. The molecule has 9 heteroatoms. The predicted octanol–water partition coefficient (Wildman–Crippen LogP) is 3.79. The van der Waals surface area contributed by atoms with Crippen molar-refractivity contribution in [2.45, 2.75) is 5.54 Å². The highest BCUT2D eigenvalue weighted by Crippen LogP contribution is 2.40. The summed E-state index contributed by atoms with van der Waals surface area (Å²) in [5, 5.41) is 27.6. The Kier molecular flexibility index (Phi) is 5.81. The lowest BCUT2D eigenvalue weighted by Crippen LogP contribution is -2.62. The summed E-state index contributed by atoms with van der Waals surface area (Å²) in [5.74, 6) is -2.84. The lowest BCUT2D eigenvalue weighted by Gasteiger charge is -2.36. The van der Waals surface area contributed by atoms with E-state index in [9.17, 15) is 20.1 Å². The van der Waals surface area contributed by atoms with Crippen LogP contribution in [0.1, 0.15) is 26.5 Å². The van der Waals surface area contributed by atoms with E-state index in [2.05, 4.69) is 10.4 Å². The molecule has 0 saturated carbocycles. The number of hydrogen-bond acceptors (Lipinski definition) is 7. The molecular formula is C24H15N5O3S. The molecule has 0 fully saturated rings. The van der Waals surface area contributed by atoms with Gasteiger partial charge in [-0.05, 0) is 36.5 Å². The molecule has 1 aliphatic carbocycles. The van der Waals surface area contributed by atoms with Gasteiger partial charge in [0.15, 0.2) is 11.0 Å². The number of nitrogens with one attached hydrogen (secondary N) is 1. The number of benzene rings is 2. The standard InChI is InChI=1S/C24H15N5O3S/c25-13-16(14-26)24(21(30)19-10-4-5-11-20(19)22(24)31)29(27-15-18-9-6-12-32-18)23(33)28-17-7-2-1-3-8-17/h1-12,15-16H,(H,28,33)/b27-15+.